The Balaban J connectivity index is 1.89. The fourth-order valence-electron chi connectivity index (χ4n) is 3.15. The number of benzene rings is 1. The number of ether oxygens (including phenoxy) is 1. The largest absolute Gasteiger partial charge is 0.383 e. The van der Waals surface area contributed by atoms with Crippen LogP contribution in [0.1, 0.15) is 37.3 Å². The lowest BCUT2D eigenvalue weighted by molar-refractivity contribution is -0.118. The van der Waals surface area contributed by atoms with Gasteiger partial charge in [-0.05, 0) is 25.0 Å². The van der Waals surface area contributed by atoms with Gasteiger partial charge in [0.25, 0.3) is 0 Å². The molecular weight excluding hydrogens is 304 g/mol. The van der Waals surface area contributed by atoms with Crippen LogP contribution < -0.4 is 11.1 Å². The van der Waals surface area contributed by atoms with Crippen LogP contribution in [0.4, 0.5) is 5.82 Å². The van der Waals surface area contributed by atoms with Gasteiger partial charge < -0.3 is 15.8 Å². The maximum atomic E-state index is 12.3. The van der Waals surface area contributed by atoms with E-state index < -0.39 is 6.04 Å². The molecule has 128 valence electrons. The van der Waals surface area contributed by atoms with Crippen molar-refractivity contribution in [2.75, 3.05) is 19.0 Å². The Morgan fingerprint density at radius 3 is 2.75 bits per heavy atom. The molecule has 0 spiro atoms. The SMILES string of the molecule is COCC(N)C(=O)Nc1cc(C2CCCC2)nn1-c1ccccc1. The minimum absolute atomic E-state index is 0.181. The van der Waals surface area contributed by atoms with E-state index in [0.717, 1.165) is 24.2 Å². The summed E-state index contributed by atoms with van der Waals surface area (Å²) in [5, 5.41) is 7.64. The molecule has 1 atom stereocenters. The van der Waals surface area contributed by atoms with Crippen LogP contribution in [0, 0.1) is 0 Å². The third kappa shape index (κ3) is 3.66. The molecule has 6 nitrogen and oxygen atoms in total. The number of para-hydroxylation sites is 1. The van der Waals surface area contributed by atoms with Crippen molar-refractivity contribution >= 4 is 11.7 Å². The number of carbonyl (C=O) groups is 1. The Labute approximate surface area is 142 Å². The molecule has 1 heterocycles. The average Bonchev–Trinajstić information content (AvgIpc) is 3.25. The Hall–Kier alpha value is -2.18. The van der Waals surface area contributed by atoms with E-state index in [2.05, 4.69) is 5.32 Å². The van der Waals surface area contributed by atoms with Crippen molar-refractivity contribution < 1.29 is 9.53 Å². The van der Waals surface area contributed by atoms with Crippen LogP contribution >= 0.6 is 0 Å². The number of aromatic nitrogens is 2. The van der Waals surface area contributed by atoms with E-state index in [1.165, 1.54) is 20.0 Å². The second kappa shape index (κ2) is 7.59. The molecule has 0 radical (unpaired) electrons. The zero-order chi connectivity index (χ0) is 16.9. The number of amides is 1. The smallest absolute Gasteiger partial charge is 0.244 e. The van der Waals surface area contributed by atoms with E-state index in [1.807, 2.05) is 36.4 Å². The van der Waals surface area contributed by atoms with Crippen LogP contribution in [0.5, 0.6) is 0 Å². The van der Waals surface area contributed by atoms with Crippen molar-refractivity contribution in [2.45, 2.75) is 37.6 Å². The number of methoxy groups -OCH3 is 1. The van der Waals surface area contributed by atoms with E-state index in [-0.39, 0.29) is 12.5 Å². The molecule has 1 aromatic heterocycles. The molecule has 0 bridgehead atoms. The van der Waals surface area contributed by atoms with Crippen molar-refractivity contribution in [3.63, 3.8) is 0 Å². The highest BCUT2D eigenvalue weighted by atomic mass is 16.5. The summed E-state index contributed by atoms with van der Waals surface area (Å²) in [5.41, 5.74) is 7.78. The summed E-state index contributed by atoms with van der Waals surface area (Å²) in [4.78, 5) is 12.3. The average molecular weight is 328 g/mol. The molecule has 3 N–H and O–H groups in total. The van der Waals surface area contributed by atoms with Crippen molar-refractivity contribution in [1.82, 2.24) is 9.78 Å². The molecule has 0 aliphatic heterocycles. The van der Waals surface area contributed by atoms with Gasteiger partial charge in [-0.3, -0.25) is 4.79 Å². The fourth-order valence-corrected chi connectivity index (χ4v) is 3.15. The van der Waals surface area contributed by atoms with Crippen molar-refractivity contribution in [1.29, 1.82) is 0 Å². The van der Waals surface area contributed by atoms with Gasteiger partial charge in [0.05, 0.1) is 18.0 Å². The monoisotopic (exact) mass is 328 g/mol. The van der Waals surface area contributed by atoms with E-state index in [1.54, 1.807) is 4.68 Å². The molecule has 1 aliphatic rings. The van der Waals surface area contributed by atoms with Crippen LogP contribution in [-0.4, -0.2) is 35.4 Å². The standard InChI is InChI=1S/C18H24N4O2/c1-24-12-15(19)18(23)20-17-11-16(13-7-5-6-8-13)21-22(17)14-9-3-2-4-10-14/h2-4,9-11,13,15H,5-8,12,19H2,1H3,(H,20,23). The number of nitrogens with two attached hydrogens (primary N) is 1. The first-order chi connectivity index (χ1) is 11.7. The minimum Gasteiger partial charge on any atom is -0.383 e. The molecule has 24 heavy (non-hydrogen) atoms. The summed E-state index contributed by atoms with van der Waals surface area (Å²) in [5.74, 6) is 0.852. The van der Waals surface area contributed by atoms with Gasteiger partial charge in [-0.15, -0.1) is 0 Å². The molecule has 1 aromatic carbocycles. The van der Waals surface area contributed by atoms with Gasteiger partial charge in [0.15, 0.2) is 0 Å². The van der Waals surface area contributed by atoms with Gasteiger partial charge >= 0.3 is 0 Å². The van der Waals surface area contributed by atoms with Gasteiger partial charge in [0.1, 0.15) is 11.9 Å². The molecule has 1 saturated carbocycles. The normalized spacial score (nSPS) is 16.2. The van der Waals surface area contributed by atoms with E-state index in [9.17, 15) is 4.79 Å². The number of hydrogen-bond donors (Lipinski definition) is 2. The van der Waals surface area contributed by atoms with Gasteiger partial charge in [-0.25, -0.2) is 4.68 Å². The topological polar surface area (TPSA) is 82.2 Å². The molecule has 6 heteroatoms. The third-order valence-electron chi connectivity index (χ3n) is 4.44. The summed E-state index contributed by atoms with van der Waals surface area (Å²) in [6.07, 6.45) is 4.79. The summed E-state index contributed by atoms with van der Waals surface area (Å²) in [7, 11) is 1.53. The lowest BCUT2D eigenvalue weighted by Crippen LogP contribution is -2.39. The molecule has 3 rings (SSSR count). The Morgan fingerprint density at radius 2 is 2.08 bits per heavy atom. The van der Waals surface area contributed by atoms with Crippen LogP contribution in [-0.2, 0) is 9.53 Å². The lowest BCUT2D eigenvalue weighted by atomic mass is 10.0. The second-order valence-corrected chi connectivity index (χ2v) is 6.23. The van der Waals surface area contributed by atoms with E-state index in [0.29, 0.717) is 11.7 Å². The predicted molar refractivity (Wildman–Crippen MR) is 93.3 cm³/mol. The Bertz CT molecular complexity index is 678. The highest BCUT2D eigenvalue weighted by Gasteiger charge is 2.23. The van der Waals surface area contributed by atoms with E-state index in [4.69, 9.17) is 15.6 Å². The highest BCUT2D eigenvalue weighted by molar-refractivity contribution is 5.94. The number of hydrogen-bond acceptors (Lipinski definition) is 4. The lowest BCUT2D eigenvalue weighted by Gasteiger charge is -2.12. The molecule has 1 unspecified atom stereocenters. The molecule has 1 fully saturated rings. The number of anilines is 1. The first-order valence-corrected chi connectivity index (χ1v) is 8.40. The van der Waals surface area contributed by atoms with Crippen molar-refractivity contribution in [3.05, 3.63) is 42.1 Å². The first-order valence-electron chi connectivity index (χ1n) is 8.40. The van der Waals surface area contributed by atoms with Gasteiger partial charge in [0.2, 0.25) is 5.91 Å². The van der Waals surface area contributed by atoms with Crippen molar-refractivity contribution in [3.8, 4) is 5.69 Å². The molecule has 1 aliphatic carbocycles. The van der Waals surface area contributed by atoms with Gasteiger partial charge in [0, 0.05) is 19.1 Å². The number of carbonyl (C=O) groups excluding carboxylic acids is 1. The highest BCUT2D eigenvalue weighted by Crippen LogP contribution is 2.35. The minimum atomic E-state index is -0.705. The second-order valence-electron chi connectivity index (χ2n) is 6.23. The van der Waals surface area contributed by atoms with Crippen LogP contribution in [0.2, 0.25) is 0 Å². The van der Waals surface area contributed by atoms with Crippen LogP contribution in [0.3, 0.4) is 0 Å². The van der Waals surface area contributed by atoms with Crippen molar-refractivity contribution in [2.24, 2.45) is 5.73 Å². The first kappa shape index (κ1) is 16.7. The van der Waals surface area contributed by atoms with Gasteiger partial charge in [-0.2, -0.15) is 5.10 Å². The Kier molecular flexibility index (Phi) is 5.27. The molecule has 2 aromatic rings. The maximum Gasteiger partial charge on any atom is 0.244 e. The molecule has 1 amide bonds. The van der Waals surface area contributed by atoms with Gasteiger partial charge in [-0.1, -0.05) is 31.0 Å². The summed E-state index contributed by atoms with van der Waals surface area (Å²) in [6, 6.07) is 11.1. The number of nitrogens with zero attached hydrogens (tertiary/aromatic N) is 2. The quantitative estimate of drug-likeness (QED) is 0.853. The zero-order valence-electron chi connectivity index (χ0n) is 13.9. The van der Waals surface area contributed by atoms with Crippen LogP contribution in [0.25, 0.3) is 5.69 Å². The summed E-state index contributed by atoms with van der Waals surface area (Å²) >= 11 is 0. The fraction of sp³-hybridized carbons (Fsp3) is 0.444. The molecular formula is C18H24N4O2. The third-order valence-corrected chi connectivity index (χ3v) is 4.44. The van der Waals surface area contributed by atoms with Crippen LogP contribution in [0.15, 0.2) is 36.4 Å². The molecule has 0 saturated heterocycles. The predicted octanol–water partition coefficient (Wildman–Crippen LogP) is 2.44. The summed E-state index contributed by atoms with van der Waals surface area (Å²) in [6.45, 7) is 0.181. The summed E-state index contributed by atoms with van der Waals surface area (Å²) < 4.78 is 6.74. The van der Waals surface area contributed by atoms with E-state index >= 15 is 0 Å². The maximum absolute atomic E-state index is 12.3. The number of rotatable bonds is 6. The zero-order valence-corrected chi connectivity index (χ0v) is 13.9. The number of nitrogens with one attached hydrogen (secondary N) is 1. The Morgan fingerprint density at radius 1 is 1.38 bits per heavy atom.